The van der Waals surface area contributed by atoms with E-state index in [2.05, 4.69) is 53.5 Å². The number of carbonyl (C=O) groups is 1. The zero-order chi connectivity index (χ0) is 17.6. The molecule has 0 spiro atoms. The standard InChI is InChI=1S/C21H27N3O/c1-17(19-9-5-3-6-10-19)22-18(2)21(25)24-15-13-23(14-16-24)20-11-7-4-8-12-20/h3-12,17-18,22H,13-16H2,1-2H3/t17-,18-/m1/s1. The smallest absolute Gasteiger partial charge is 0.239 e. The number of carbonyl (C=O) groups excluding carboxylic acids is 1. The van der Waals surface area contributed by atoms with Gasteiger partial charge >= 0.3 is 0 Å². The number of anilines is 1. The molecule has 4 nitrogen and oxygen atoms in total. The van der Waals surface area contributed by atoms with Crippen LogP contribution < -0.4 is 10.2 Å². The van der Waals surface area contributed by atoms with E-state index in [9.17, 15) is 4.79 Å². The van der Waals surface area contributed by atoms with E-state index in [4.69, 9.17) is 0 Å². The molecular weight excluding hydrogens is 310 g/mol. The number of benzene rings is 2. The number of para-hydroxylation sites is 1. The van der Waals surface area contributed by atoms with E-state index in [0.29, 0.717) is 0 Å². The van der Waals surface area contributed by atoms with Gasteiger partial charge in [0.25, 0.3) is 0 Å². The molecule has 1 N–H and O–H groups in total. The molecule has 2 aromatic carbocycles. The quantitative estimate of drug-likeness (QED) is 0.911. The lowest BCUT2D eigenvalue weighted by atomic mass is 10.1. The number of rotatable bonds is 5. The molecule has 25 heavy (non-hydrogen) atoms. The van der Waals surface area contributed by atoms with Crippen molar-refractivity contribution in [2.45, 2.75) is 25.9 Å². The van der Waals surface area contributed by atoms with Gasteiger partial charge in [-0.3, -0.25) is 10.1 Å². The second-order valence-electron chi connectivity index (χ2n) is 6.67. The van der Waals surface area contributed by atoms with E-state index < -0.39 is 0 Å². The normalized spacial score (nSPS) is 17.2. The van der Waals surface area contributed by atoms with Crippen molar-refractivity contribution in [2.24, 2.45) is 0 Å². The summed E-state index contributed by atoms with van der Waals surface area (Å²) in [4.78, 5) is 17.1. The summed E-state index contributed by atoms with van der Waals surface area (Å²) in [6.07, 6.45) is 0. The molecule has 0 aliphatic carbocycles. The van der Waals surface area contributed by atoms with Crippen LogP contribution in [0, 0.1) is 0 Å². The summed E-state index contributed by atoms with van der Waals surface area (Å²) in [7, 11) is 0. The minimum Gasteiger partial charge on any atom is -0.368 e. The van der Waals surface area contributed by atoms with Gasteiger partial charge in [0, 0.05) is 37.9 Å². The Bertz CT molecular complexity index is 666. The van der Waals surface area contributed by atoms with Crippen molar-refractivity contribution in [3.8, 4) is 0 Å². The summed E-state index contributed by atoms with van der Waals surface area (Å²) in [5, 5.41) is 3.43. The Hall–Kier alpha value is -2.33. The number of piperazine rings is 1. The topological polar surface area (TPSA) is 35.6 Å². The number of hydrogen-bond donors (Lipinski definition) is 1. The Kier molecular flexibility index (Phi) is 5.71. The predicted molar refractivity (Wildman–Crippen MR) is 103 cm³/mol. The van der Waals surface area contributed by atoms with Crippen molar-refractivity contribution < 1.29 is 4.79 Å². The Morgan fingerprint density at radius 2 is 1.44 bits per heavy atom. The van der Waals surface area contributed by atoms with Crippen molar-refractivity contribution in [2.75, 3.05) is 31.1 Å². The molecule has 132 valence electrons. The molecule has 3 rings (SSSR count). The van der Waals surface area contributed by atoms with Gasteiger partial charge < -0.3 is 9.80 Å². The second kappa shape index (κ2) is 8.17. The van der Waals surface area contributed by atoms with Crippen molar-refractivity contribution in [1.29, 1.82) is 0 Å². The molecule has 0 bridgehead atoms. The molecule has 1 amide bonds. The summed E-state index contributed by atoms with van der Waals surface area (Å²) in [6, 6.07) is 20.6. The van der Waals surface area contributed by atoms with Crippen LogP contribution in [0.2, 0.25) is 0 Å². The van der Waals surface area contributed by atoms with E-state index >= 15 is 0 Å². The third-order valence-electron chi connectivity index (χ3n) is 4.88. The Balaban J connectivity index is 1.52. The molecule has 2 aromatic rings. The highest BCUT2D eigenvalue weighted by Crippen LogP contribution is 2.17. The Morgan fingerprint density at radius 3 is 2.04 bits per heavy atom. The van der Waals surface area contributed by atoms with Gasteiger partial charge in [-0.1, -0.05) is 48.5 Å². The van der Waals surface area contributed by atoms with E-state index in [1.54, 1.807) is 0 Å². The SMILES string of the molecule is C[C@@H](N[C@H](C)c1ccccc1)C(=O)N1CCN(c2ccccc2)CC1. The van der Waals surface area contributed by atoms with Crippen molar-refractivity contribution in [3.63, 3.8) is 0 Å². The highest BCUT2D eigenvalue weighted by molar-refractivity contribution is 5.81. The molecule has 1 heterocycles. The number of nitrogens with one attached hydrogen (secondary N) is 1. The second-order valence-corrected chi connectivity index (χ2v) is 6.67. The maximum Gasteiger partial charge on any atom is 0.239 e. The highest BCUT2D eigenvalue weighted by atomic mass is 16.2. The zero-order valence-corrected chi connectivity index (χ0v) is 15.1. The number of amides is 1. The van der Waals surface area contributed by atoms with Crippen molar-refractivity contribution in [3.05, 3.63) is 66.2 Å². The summed E-state index contributed by atoms with van der Waals surface area (Å²) in [5.41, 5.74) is 2.44. The molecule has 0 saturated carbocycles. The lowest BCUT2D eigenvalue weighted by molar-refractivity contribution is -0.133. The van der Waals surface area contributed by atoms with Crippen LogP contribution in [-0.2, 0) is 4.79 Å². The van der Waals surface area contributed by atoms with Crippen LogP contribution in [-0.4, -0.2) is 43.0 Å². The maximum atomic E-state index is 12.8. The van der Waals surface area contributed by atoms with Crippen LogP contribution in [0.25, 0.3) is 0 Å². The third kappa shape index (κ3) is 4.40. The lowest BCUT2D eigenvalue weighted by Gasteiger charge is -2.37. The molecule has 2 atom stereocenters. The molecule has 0 unspecified atom stereocenters. The van der Waals surface area contributed by atoms with Gasteiger partial charge in [0.15, 0.2) is 0 Å². The van der Waals surface area contributed by atoms with Crippen LogP contribution in [0.5, 0.6) is 0 Å². The monoisotopic (exact) mass is 337 g/mol. The fraction of sp³-hybridized carbons (Fsp3) is 0.381. The largest absolute Gasteiger partial charge is 0.368 e. The summed E-state index contributed by atoms with van der Waals surface area (Å²) in [6.45, 7) is 7.39. The maximum absolute atomic E-state index is 12.8. The van der Waals surface area contributed by atoms with Gasteiger partial charge in [0.2, 0.25) is 5.91 Å². The van der Waals surface area contributed by atoms with Crippen LogP contribution in [0.1, 0.15) is 25.5 Å². The molecule has 4 heteroatoms. The summed E-state index contributed by atoms with van der Waals surface area (Å²) >= 11 is 0. The van der Waals surface area contributed by atoms with Gasteiger partial charge in [-0.2, -0.15) is 0 Å². The Morgan fingerprint density at radius 1 is 0.880 bits per heavy atom. The lowest BCUT2D eigenvalue weighted by Crippen LogP contribution is -2.53. The average Bonchev–Trinajstić information content (AvgIpc) is 2.69. The summed E-state index contributed by atoms with van der Waals surface area (Å²) in [5.74, 6) is 0.190. The van der Waals surface area contributed by atoms with Crippen molar-refractivity contribution in [1.82, 2.24) is 10.2 Å². The number of hydrogen-bond acceptors (Lipinski definition) is 3. The minimum atomic E-state index is -0.182. The number of nitrogens with zero attached hydrogens (tertiary/aromatic N) is 2. The molecule has 0 radical (unpaired) electrons. The summed E-state index contributed by atoms with van der Waals surface area (Å²) < 4.78 is 0. The van der Waals surface area contributed by atoms with E-state index in [1.807, 2.05) is 36.1 Å². The first-order valence-corrected chi connectivity index (χ1v) is 9.05. The van der Waals surface area contributed by atoms with Crippen LogP contribution in [0.15, 0.2) is 60.7 Å². The fourth-order valence-electron chi connectivity index (χ4n) is 3.38. The van der Waals surface area contributed by atoms with Crippen molar-refractivity contribution >= 4 is 11.6 Å². The van der Waals surface area contributed by atoms with Gasteiger partial charge in [0.05, 0.1) is 6.04 Å². The highest BCUT2D eigenvalue weighted by Gasteiger charge is 2.25. The molecule has 1 aliphatic rings. The first kappa shape index (κ1) is 17.5. The predicted octanol–water partition coefficient (Wildman–Crippen LogP) is 3.07. The molecule has 1 saturated heterocycles. The van der Waals surface area contributed by atoms with Crippen LogP contribution in [0.4, 0.5) is 5.69 Å². The van der Waals surface area contributed by atoms with Gasteiger partial charge in [0.1, 0.15) is 0 Å². The van der Waals surface area contributed by atoms with Crippen LogP contribution >= 0.6 is 0 Å². The van der Waals surface area contributed by atoms with Gasteiger partial charge in [-0.15, -0.1) is 0 Å². The first-order valence-electron chi connectivity index (χ1n) is 9.05. The third-order valence-corrected chi connectivity index (χ3v) is 4.88. The molecule has 0 aromatic heterocycles. The molecule has 1 aliphatic heterocycles. The van der Waals surface area contributed by atoms with E-state index in [-0.39, 0.29) is 18.0 Å². The molecule has 1 fully saturated rings. The Labute approximate surface area is 150 Å². The zero-order valence-electron chi connectivity index (χ0n) is 15.1. The van der Waals surface area contributed by atoms with E-state index in [0.717, 1.165) is 26.2 Å². The minimum absolute atomic E-state index is 0.158. The van der Waals surface area contributed by atoms with Crippen LogP contribution in [0.3, 0.4) is 0 Å². The average molecular weight is 337 g/mol. The van der Waals surface area contributed by atoms with Gasteiger partial charge in [-0.25, -0.2) is 0 Å². The first-order chi connectivity index (χ1) is 12.1. The van der Waals surface area contributed by atoms with Gasteiger partial charge in [-0.05, 0) is 31.5 Å². The van der Waals surface area contributed by atoms with E-state index in [1.165, 1.54) is 11.3 Å². The fourth-order valence-corrected chi connectivity index (χ4v) is 3.38. The molecular formula is C21H27N3O.